The molecular formula is C23H26N2O4S. The Morgan fingerprint density at radius 3 is 2.47 bits per heavy atom. The van der Waals surface area contributed by atoms with Gasteiger partial charge in [0.05, 0.1) is 39.3 Å². The summed E-state index contributed by atoms with van der Waals surface area (Å²) in [6.45, 7) is 3.61. The summed E-state index contributed by atoms with van der Waals surface area (Å²) in [6.07, 6.45) is 1.66. The molecule has 0 unspecified atom stereocenters. The predicted molar refractivity (Wildman–Crippen MR) is 121 cm³/mol. The molecule has 0 aliphatic carbocycles. The van der Waals surface area contributed by atoms with Crippen LogP contribution in [0.15, 0.2) is 65.3 Å². The molecule has 1 aromatic heterocycles. The molecule has 3 rings (SSSR count). The number of nitrogens with one attached hydrogen (secondary N) is 1. The lowest BCUT2D eigenvalue weighted by atomic mass is 10.2. The van der Waals surface area contributed by atoms with Crippen LogP contribution in [0.2, 0.25) is 0 Å². The lowest BCUT2D eigenvalue weighted by Crippen LogP contribution is -2.33. The highest BCUT2D eigenvalue weighted by atomic mass is 32.1. The van der Waals surface area contributed by atoms with Gasteiger partial charge in [0.1, 0.15) is 11.5 Å². The molecule has 0 radical (unpaired) electrons. The normalized spacial score (nSPS) is 10.4. The zero-order valence-electron chi connectivity index (χ0n) is 17.4. The van der Waals surface area contributed by atoms with Crippen molar-refractivity contribution in [2.75, 3.05) is 26.1 Å². The van der Waals surface area contributed by atoms with Crippen LogP contribution in [-0.4, -0.2) is 30.8 Å². The largest absolute Gasteiger partial charge is 0.493 e. The van der Waals surface area contributed by atoms with E-state index < -0.39 is 0 Å². The standard InChI is InChI=1S/C23H26N2O4S/c1-4-28-20-10-6-5-9-19(20)24-23(30)25(16-18-8-7-13-29-18)15-17-11-12-21(26-2)22(14-17)27-3/h5-14H,4,15-16H2,1-3H3,(H,24,30). The van der Waals surface area contributed by atoms with Crippen molar-refractivity contribution < 1.29 is 18.6 Å². The Balaban J connectivity index is 1.83. The van der Waals surface area contributed by atoms with Crippen LogP contribution in [0.4, 0.5) is 5.69 Å². The minimum absolute atomic E-state index is 0.518. The zero-order valence-corrected chi connectivity index (χ0v) is 18.2. The summed E-state index contributed by atoms with van der Waals surface area (Å²) in [5.41, 5.74) is 1.85. The fourth-order valence-corrected chi connectivity index (χ4v) is 3.27. The van der Waals surface area contributed by atoms with Crippen LogP contribution < -0.4 is 19.5 Å². The van der Waals surface area contributed by atoms with Crippen LogP contribution in [0.3, 0.4) is 0 Å². The number of thiocarbonyl (C=S) groups is 1. The smallest absolute Gasteiger partial charge is 0.174 e. The van der Waals surface area contributed by atoms with Crippen molar-refractivity contribution in [2.45, 2.75) is 20.0 Å². The van der Waals surface area contributed by atoms with Crippen LogP contribution in [0.1, 0.15) is 18.2 Å². The van der Waals surface area contributed by atoms with E-state index in [1.54, 1.807) is 20.5 Å². The summed E-state index contributed by atoms with van der Waals surface area (Å²) in [6, 6.07) is 17.4. The monoisotopic (exact) mass is 426 g/mol. The molecule has 7 heteroatoms. The van der Waals surface area contributed by atoms with Crippen LogP contribution in [-0.2, 0) is 13.1 Å². The minimum atomic E-state index is 0.518. The minimum Gasteiger partial charge on any atom is -0.493 e. The Labute approximate surface area is 182 Å². The molecule has 0 aliphatic rings. The molecule has 158 valence electrons. The topological polar surface area (TPSA) is 56.1 Å². The summed E-state index contributed by atoms with van der Waals surface area (Å²) < 4.78 is 22.0. The Bertz CT molecular complexity index is 960. The van der Waals surface area contributed by atoms with Crippen LogP contribution in [0.25, 0.3) is 0 Å². The highest BCUT2D eigenvalue weighted by Gasteiger charge is 2.16. The molecule has 30 heavy (non-hydrogen) atoms. The highest BCUT2D eigenvalue weighted by Crippen LogP contribution is 2.29. The Kier molecular flexibility index (Phi) is 7.57. The summed E-state index contributed by atoms with van der Waals surface area (Å²) in [4.78, 5) is 2.03. The van der Waals surface area contributed by atoms with Gasteiger partial charge in [-0.1, -0.05) is 18.2 Å². The molecule has 0 spiro atoms. The molecule has 1 heterocycles. The molecule has 0 fully saturated rings. The molecule has 2 aromatic carbocycles. The maximum atomic E-state index is 5.75. The Hall–Kier alpha value is -3.19. The van der Waals surface area contributed by atoms with Gasteiger partial charge in [-0.25, -0.2) is 0 Å². The van der Waals surface area contributed by atoms with E-state index >= 15 is 0 Å². The molecule has 0 atom stereocenters. The average Bonchev–Trinajstić information content (AvgIpc) is 3.28. The van der Waals surface area contributed by atoms with Crippen molar-refractivity contribution in [2.24, 2.45) is 0 Å². The molecule has 1 N–H and O–H groups in total. The second-order valence-corrected chi connectivity index (χ2v) is 6.87. The number of para-hydroxylation sites is 2. The number of rotatable bonds is 9. The highest BCUT2D eigenvalue weighted by molar-refractivity contribution is 7.80. The van der Waals surface area contributed by atoms with E-state index in [0.29, 0.717) is 36.3 Å². The van der Waals surface area contributed by atoms with Gasteiger partial charge < -0.3 is 28.8 Å². The first-order chi connectivity index (χ1) is 14.6. The fourth-order valence-electron chi connectivity index (χ4n) is 3.04. The molecule has 0 saturated heterocycles. The van der Waals surface area contributed by atoms with E-state index in [4.69, 9.17) is 30.8 Å². The van der Waals surface area contributed by atoms with Gasteiger partial charge in [-0.2, -0.15) is 0 Å². The van der Waals surface area contributed by atoms with Crippen molar-refractivity contribution in [1.29, 1.82) is 0 Å². The summed E-state index contributed by atoms with van der Waals surface area (Å²) in [7, 11) is 3.24. The number of nitrogens with zero attached hydrogens (tertiary/aromatic N) is 1. The van der Waals surface area contributed by atoms with Crippen molar-refractivity contribution in [1.82, 2.24) is 4.90 Å². The summed E-state index contributed by atoms with van der Waals surface area (Å²) in [5, 5.41) is 3.88. The third-order valence-electron chi connectivity index (χ3n) is 4.46. The SMILES string of the molecule is CCOc1ccccc1NC(=S)N(Cc1ccc(OC)c(OC)c1)Cc1ccco1. The summed E-state index contributed by atoms with van der Waals surface area (Å²) in [5.74, 6) is 2.93. The van der Waals surface area contributed by atoms with Gasteiger partial charge >= 0.3 is 0 Å². The second kappa shape index (κ2) is 10.5. The molecule has 0 amide bonds. The Morgan fingerprint density at radius 2 is 1.77 bits per heavy atom. The van der Waals surface area contributed by atoms with Gasteiger partial charge in [0.15, 0.2) is 16.6 Å². The van der Waals surface area contributed by atoms with Gasteiger partial charge in [-0.15, -0.1) is 0 Å². The van der Waals surface area contributed by atoms with E-state index in [-0.39, 0.29) is 0 Å². The van der Waals surface area contributed by atoms with Gasteiger partial charge in [-0.05, 0) is 61.1 Å². The zero-order chi connectivity index (χ0) is 21.3. The van der Waals surface area contributed by atoms with Crippen molar-refractivity contribution in [3.05, 3.63) is 72.2 Å². The number of hydrogen-bond donors (Lipinski definition) is 1. The molecular weight excluding hydrogens is 400 g/mol. The number of ether oxygens (including phenoxy) is 3. The third-order valence-corrected chi connectivity index (χ3v) is 4.82. The molecule has 0 bridgehead atoms. The second-order valence-electron chi connectivity index (χ2n) is 6.48. The van der Waals surface area contributed by atoms with Gasteiger partial charge in [0.2, 0.25) is 0 Å². The van der Waals surface area contributed by atoms with Crippen molar-refractivity contribution in [3.8, 4) is 17.2 Å². The van der Waals surface area contributed by atoms with E-state index in [1.807, 2.05) is 66.4 Å². The average molecular weight is 427 g/mol. The van der Waals surface area contributed by atoms with Crippen LogP contribution >= 0.6 is 12.2 Å². The Morgan fingerprint density at radius 1 is 0.967 bits per heavy atom. The number of furan rings is 1. The van der Waals surface area contributed by atoms with Crippen molar-refractivity contribution >= 4 is 23.0 Å². The maximum absolute atomic E-state index is 5.75. The van der Waals surface area contributed by atoms with E-state index in [2.05, 4.69) is 5.32 Å². The molecule has 6 nitrogen and oxygen atoms in total. The van der Waals surface area contributed by atoms with E-state index in [9.17, 15) is 0 Å². The van der Waals surface area contributed by atoms with E-state index in [1.165, 1.54) is 0 Å². The first-order valence-corrected chi connectivity index (χ1v) is 10.1. The van der Waals surface area contributed by atoms with Crippen molar-refractivity contribution in [3.63, 3.8) is 0 Å². The van der Waals surface area contributed by atoms with E-state index in [0.717, 1.165) is 22.8 Å². The van der Waals surface area contributed by atoms with Gasteiger partial charge in [0, 0.05) is 6.54 Å². The maximum Gasteiger partial charge on any atom is 0.174 e. The lowest BCUT2D eigenvalue weighted by Gasteiger charge is -2.26. The third kappa shape index (κ3) is 5.45. The molecule has 0 aliphatic heterocycles. The number of methoxy groups -OCH3 is 2. The van der Waals surface area contributed by atoms with Crippen LogP contribution in [0.5, 0.6) is 17.2 Å². The first kappa shape index (κ1) is 21.5. The van der Waals surface area contributed by atoms with Gasteiger partial charge in [0.25, 0.3) is 0 Å². The number of hydrogen-bond acceptors (Lipinski definition) is 5. The number of benzene rings is 2. The predicted octanol–water partition coefficient (Wildman–Crippen LogP) is 5.09. The molecule has 3 aromatic rings. The molecule has 0 saturated carbocycles. The lowest BCUT2D eigenvalue weighted by molar-refractivity contribution is 0.341. The van der Waals surface area contributed by atoms with Gasteiger partial charge in [-0.3, -0.25) is 0 Å². The van der Waals surface area contributed by atoms with Crippen LogP contribution in [0, 0.1) is 0 Å². The first-order valence-electron chi connectivity index (χ1n) is 9.65. The fraction of sp³-hybridized carbons (Fsp3) is 0.261. The number of anilines is 1. The summed E-state index contributed by atoms with van der Waals surface area (Å²) >= 11 is 5.75. The quantitative estimate of drug-likeness (QED) is 0.478.